The first-order chi connectivity index (χ1) is 16.7. The lowest BCUT2D eigenvalue weighted by molar-refractivity contribution is 0.0180. The molecule has 1 aromatic carbocycles. The number of aromatic nitrogens is 2. The first-order valence-electron chi connectivity index (χ1n) is 12.7. The maximum Gasteiger partial charge on any atom is 0.410 e. The van der Waals surface area contributed by atoms with Crippen LogP contribution in [0, 0.1) is 18.7 Å². The minimum atomic E-state index is -0.538. The van der Waals surface area contributed by atoms with Crippen LogP contribution in [0.3, 0.4) is 0 Å². The first-order valence-corrected chi connectivity index (χ1v) is 12.7. The van der Waals surface area contributed by atoms with Crippen molar-refractivity contribution in [3.8, 4) is 5.88 Å². The van der Waals surface area contributed by atoms with Crippen molar-refractivity contribution in [2.75, 3.05) is 5.32 Å². The zero-order chi connectivity index (χ0) is 24.7. The van der Waals surface area contributed by atoms with Gasteiger partial charge in [-0.1, -0.05) is 25.3 Å². The molecule has 1 saturated carbocycles. The van der Waals surface area contributed by atoms with Gasteiger partial charge in [0, 0.05) is 12.5 Å². The van der Waals surface area contributed by atoms with Gasteiger partial charge in [-0.25, -0.2) is 19.2 Å². The molecule has 1 amide bonds. The average Bonchev–Trinajstić information content (AvgIpc) is 3.32. The molecule has 35 heavy (non-hydrogen) atoms. The van der Waals surface area contributed by atoms with E-state index in [1.807, 2.05) is 38.7 Å². The van der Waals surface area contributed by atoms with E-state index in [1.54, 1.807) is 12.1 Å². The zero-order valence-corrected chi connectivity index (χ0v) is 21.0. The normalized spacial score (nSPS) is 23.8. The molecule has 1 aliphatic carbocycles. The van der Waals surface area contributed by atoms with Crippen LogP contribution in [0.4, 0.5) is 20.7 Å². The Bertz CT molecular complexity index is 1100. The highest BCUT2D eigenvalue weighted by Gasteiger charge is 2.51. The fourth-order valence-corrected chi connectivity index (χ4v) is 5.43. The van der Waals surface area contributed by atoms with Crippen molar-refractivity contribution < 1.29 is 18.7 Å². The van der Waals surface area contributed by atoms with E-state index in [0.29, 0.717) is 28.9 Å². The predicted octanol–water partition coefficient (Wildman–Crippen LogP) is 5.93. The molecule has 2 aromatic rings. The Balaban J connectivity index is 1.26. The topological polar surface area (TPSA) is 76.6 Å². The number of hydrogen-bond donors (Lipinski definition) is 1. The quantitative estimate of drug-likeness (QED) is 0.550. The number of amides is 1. The molecule has 7 nitrogen and oxygen atoms in total. The summed E-state index contributed by atoms with van der Waals surface area (Å²) in [6.07, 6.45) is 8.25. The largest absolute Gasteiger partial charge is 0.472 e. The Labute approximate surface area is 206 Å². The second-order valence-electron chi connectivity index (χ2n) is 11.2. The summed E-state index contributed by atoms with van der Waals surface area (Å²) in [7, 11) is 0. The van der Waals surface area contributed by atoms with Crippen LogP contribution >= 0.6 is 0 Å². The fraction of sp³-hybridized carbons (Fsp3) is 0.593. The zero-order valence-electron chi connectivity index (χ0n) is 21.0. The van der Waals surface area contributed by atoms with Crippen molar-refractivity contribution in [3.05, 3.63) is 41.5 Å². The van der Waals surface area contributed by atoms with E-state index in [-0.39, 0.29) is 30.1 Å². The van der Waals surface area contributed by atoms with Gasteiger partial charge in [0.1, 0.15) is 29.7 Å². The molecule has 1 aromatic heterocycles. The highest BCUT2D eigenvalue weighted by Crippen LogP contribution is 2.41. The molecule has 1 N–H and O–H groups in total. The molecule has 3 heterocycles. The minimum Gasteiger partial charge on any atom is -0.472 e. The molecular formula is C27H35FN4O3. The summed E-state index contributed by atoms with van der Waals surface area (Å²) in [4.78, 5) is 23.3. The molecule has 2 bridgehead atoms. The lowest BCUT2D eigenvalue weighted by Gasteiger charge is -2.28. The molecule has 5 rings (SSSR count). The molecule has 0 radical (unpaired) electrons. The number of carbonyl (C=O) groups is 1. The lowest BCUT2D eigenvalue weighted by Crippen LogP contribution is -2.42. The summed E-state index contributed by atoms with van der Waals surface area (Å²) in [6, 6.07) is 5.46. The van der Waals surface area contributed by atoms with E-state index >= 15 is 0 Å². The third kappa shape index (κ3) is 5.07. The minimum absolute atomic E-state index is 0.0405. The van der Waals surface area contributed by atoms with E-state index in [9.17, 15) is 9.18 Å². The molecule has 0 spiro atoms. The second-order valence-corrected chi connectivity index (χ2v) is 11.2. The van der Waals surface area contributed by atoms with E-state index in [2.05, 4.69) is 15.3 Å². The number of fused-ring (bicyclic) bond motifs is 2. The van der Waals surface area contributed by atoms with E-state index in [4.69, 9.17) is 9.47 Å². The molecule has 8 heteroatoms. The number of carbonyl (C=O) groups excluding carboxylic acids is 1. The predicted molar refractivity (Wildman–Crippen MR) is 131 cm³/mol. The van der Waals surface area contributed by atoms with Crippen molar-refractivity contribution in [1.82, 2.24) is 14.9 Å². The van der Waals surface area contributed by atoms with Crippen LogP contribution in [0.2, 0.25) is 0 Å². The Morgan fingerprint density at radius 2 is 2.00 bits per heavy atom. The summed E-state index contributed by atoms with van der Waals surface area (Å²) in [5.41, 5.74) is 1.58. The number of nitrogens with one attached hydrogen (secondary N) is 1. The average molecular weight is 483 g/mol. The smallest absolute Gasteiger partial charge is 0.410 e. The number of rotatable bonds is 6. The summed E-state index contributed by atoms with van der Waals surface area (Å²) >= 11 is 0. The number of nitrogens with zero attached hydrogens (tertiary/aromatic N) is 3. The monoisotopic (exact) mass is 482 g/mol. The molecule has 2 aliphatic heterocycles. The number of benzene rings is 1. The van der Waals surface area contributed by atoms with Crippen LogP contribution in [0.5, 0.6) is 5.88 Å². The number of hydrogen-bond acceptors (Lipinski definition) is 6. The fourth-order valence-electron chi connectivity index (χ4n) is 5.43. The highest BCUT2D eigenvalue weighted by molar-refractivity contribution is 5.70. The van der Waals surface area contributed by atoms with Gasteiger partial charge in [-0.2, -0.15) is 0 Å². The molecular weight excluding hydrogens is 447 g/mol. The SMILES string of the molecule is Cc1c(Nc2ccc(CC3CCC3)cc2F)ncnc1O[C@H]1CC2CCC1N2C(=O)OC(C)(C)C. The number of ether oxygens (including phenoxy) is 2. The van der Waals surface area contributed by atoms with Gasteiger partial charge in [-0.05, 0) is 70.6 Å². The van der Waals surface area contributed by atoms with Crippen LogP contribution in [0.25, 0.3) is 0 Å². The Kier molecular flexibility index (Phi) is 6.32. The maximum absolute atomic E-state index is 14.8. The van der Waals surface area contributed by atoms with Gasteiger partial charge < -0.3 is 14.8 Å². The second kappa shape index (κ2) is 9.28. The van der Waals surface area contributed by atoms with Gasteiger partial charge in [-0.3, -0.25) is 4.90 Å². The van der Waals surface area contributed by atoms with Gasteiger partial charge >= 0.3 is 6.09 Å². The van der Waals surface area contributed by atoms with Crippen LogP contribution in [-0.2, 0) is 11.2 Å². The molecule has 188 valence electrons. The standard InChI is InChI=1S/C27H35FN4O3/c1-16-24(31-21-10-8-18(13-20(21)28)12-17-6-5-7-17)29-15-30-25(16)34-23-14-19-9-11-22(23)32(19)26(33)35-27(2,3)4/h8,10,13,15,17,19,22-23H,5-7,9,11-12,14H2,1-4H3,(H,29,30,31)/t19?,22?,23-/m0/s1. The molecule has 3 aliphatic rings. The van der Waals surface area contributed by atoms with Crippen molar-refractivity contribution in [1.29, 1.82) is 0 Å². The number of halogens is 1. The van der Waals surface area contributed by atoms with Gasteiger partial charge in [-0.15, -0.1) is 0 Å². The highest BCUT2D eigenvalue weighted by atomic mass is 19.1. The Morgan fingerprint density at radius 1 is 1.20 bits per heavy atom. The van der Waals surface area contributed by atoms with E-state index < -0.39 is 5.60 Å². The van der Waals surface area contributed by atoms with Crippen molar-refractivity contribution in [2.45, 2.75) is 96.4 Å². The van der Waals surface area contributed by atoms with E-state index in [1.165, 1.54) is 25.6 Å². The van der Waals surface area contributed by atoms with Crippen LogP contribution in [0.1, 0.15) is 70.4 Å². The maximum atomic E-state index is 14.8. The lowest BCUT2D eigenvalue weighted by atomic mass is 9.81. The van der Waals surface area contributed by atoms with Gasteiger partial charge in [0.25, 0.3) is 0 Å². The molecule has 3 atom stereocenters. The first kappa shape index (κ1) is 23.8. The molecule has 2 saturated heterocycles. The summed E-state index contributed by atoms with van der Waals surface area (Å²) in [5, 5.41) is 3.11. The third-order valence-electron chi connectivity index (χ3n) is 7.42. The van der Waals surface area contributed by atoms with Crippen LogP contribution < -0.4 is 10.1 Å². The van der Waals surface area contributed by atoms with Crippen LogP contribution in [-0.4, -0.2) is 44.7 Å². The third-order valence-corrected chi connectivity index (χ3v) is 7.42. The molecule has 2 unspecified atom stereocenters. The van der Waals surface area contributed by atoms with E-state index in [0.717, 1.165) is 31.2 Å². The van der Waals surface area contributed by atoms with Crippen molar-refractivity contribution >= 4 is 17.6 Å². The Hall–Kier alpha value is -2.90. The molecule has 3 fully saturated rings. The van der Waals surface area contributed by atoms with Crippen molar-refractivity contribution in [2.24, 2.45) is 5.92 Å². The van der Waals surface area contributed by atoms with Gasteiger partial charge in [0.15, 0.2) is 0 Å². The van der Waals surface area contributed by atoms with Gasteiger partial charge in [0.05, 0.1) is 17.3 Å². The summed E-state index contributed by atoms with van der Waals surface area (Å²) in [5.74, 6) is 1.36. The Morgan fingerprint density at radius 3 is 2.69 bits per heavy atom. The van der Waals surface area contributed by atoms with Gasteiger partial charge in [0.2, 0.25) is 5.88 Å². The summed E-state index contributed by atoms with van der Waals surface area (Å²) in [6.45, 7) is 7.49. The summed E-state index contributed by atoms with van der Waals surface area (Å²) < 4.78 is 26.7. The van der Waals surface area contributed by atoms with Crippen molar-refractivity contribution in [3.63, 3.8) is 0 Å². The number of anilines is 2. The van der Waals surface area contributed by atoms with Crippen LogP contribution in [0.15, 0.2) is 24.5 Å².